The summed E-state index contributed by atoms with van der Waals surface area (Å²) in [6, 6.07) is 13.6. The first-order valence-electron chi connectivity index (χ1n) is 10.1. The SMILES string of the molecule is O=c1c2c(F)cccc2nc(NC2CN(c3ncnc4nc[nH]c34)C2)n1-c1ccccc1. The van der Waals surface area contributed by atoms with Crippen LogP contribution in [0.5, 0.6) is 0 Å². The van der Waals surface area contributed by atoms with E-state index in [1.54, 1.807) is 30.6 Å². The molecule has 0 radical (unpaired) electrons. The maximum atomic E-state index is 14.5. The molecule has 2 aromatic carbocycles. The van der Waals surface area contributed by atoms with Gasteiger partial charge in [-0.3, -0.25) is 4.79 Å². The Kier molecular flexibility index (Phi) is 4.10. The van der Waals surface area contributed by atoms with Crippen molar-refractivity contribution in [1.82, 2.24) is 29.5 Å². The molecule has 1 saturated heterocycles. The molecule has 0 amide bonds. The van der Waals surface area contributed by atoms with E-state index in [4.69, 9.17) is 0 Å². The zero-order valence-corrected chi connectivity index (χ0v) is 16.7. The number of anilines is 2. The number of para-hydroxylation sites is 1. The molecule has 1 aliphatic heterocycles. The minimum Gasteiger partial charge on any atom is -0.350 e. The first kappa shape index (κ1) is 18.4. The van der Waals surface area contributed by atoms with Gasteiger partial charge < -0.3 is 15.2 Å². The molecule has 0 spiro atoms. The Bertz CT molecular complexity index is 1510. The third-order valence-corrected chi connectivity index (χ3v) is 5.58. The second kappa shape index (κ2) is 7.12. The number of hydrogen-bond donors (Lipinski definition) is 2. The third-order valence-electron chi connectivity index (χ3n) is 5.58. The van der Waals surface area contributed by atoms with Crippen molar-refractivity contribution >= 4 is 33.8 Å². The predicted octanol–water partition coefficient (Wildman–Crippen LogP) is 2.49. The van der Waals surface area contributed by atoms with Crippen LogP contribution >= 0.6 is 0 Å². The molecule has 0 bridgehead atoms. The van der Waals surface area contributed by atoms with Gasteiger partial charge in [-0.1, -0.05) is 24.3 Å². The van der Waals surface area contributed by atoms with E-state index >= 15 is 0 Å². The van der Waals surface area contributed by atoms with E-state index in [1.807, 2.05) is 18.2 Å². The molecule has 1 aliphatic rings. The molecule has 10 heteroatoms. The number of nitrogens with zero attached hydrogens (tertiary/aromatic N) is 6. The average Bonchev–Trinajstić information content (AvgIpc) is 3.26. The molecule has 0 atom stereocenters. The zero-order valence-electron chi connectivity index (χ0n) is 16.7. The Morgan fingerprint density at radius 1 is 1.03 bits per heavy atom. The Morgan fingerprint density at radius 2 is 1.88 bits per heavy atom. The maximum absolute atomic E-state index is 14.5. The molecule has 158 valence electrons. The highest BCUT2D eigenvalue weighted by atomic mass is 19.1. The number of H-pyrrole nitrogens is 1. The first-order chi connectivity index (χ1) is 15.7. The maximum Gasteiger partial charge on any atom is 0.270 e. The van der Waals surface area contributed by atoms with E-state index in [0.717, 1.165) is 11.3 Å². The van der Waals surface area contributed by atoms with E-state index in [1.165, 1.54) is 17.0 Å². The van der Waals surface area contributed by atoms with Gasteiger partial charge >= 0.3 is 0 Å². The number of rotatable bonds is 4. The number of nitrogens with one attached hydrogen (secondary N) is 2. The number of halogens is 1. The van der Waals surface area contributed by atoms with Crippen molar-refractivity contribution in [1.29, 1.82) is 0 Å². The molecular formula is C22H17FN8O. The molecule has 0 unspecified atom stereocenters. The molecule has 0 saturated carbocycles. The summed E-state index contributed by atoms with van der Waals surface area (Å²) in [7, 11) is 0. The highest BCUT2D eigenvalue weighted by Crippen LogP contribution is 2.26. The number of aromatic nitrogens is 6. The van der Waals surface area contributed by atoms with Gasteiger partial charge in [0.15, 0.2) is 11.5 Å². The molecular weight excluding hydrogens is 411 g/mol. The molecule has 6 rings (SSSR count). The summed E-state index contributed by atoms with van der Waals surface area (Å²) in [5, 5.41) is 3.33. The van der Waals surface area contributed by atoms with Crippen molar-refractivity contribution in [2.24, 2.45) is 0 Å². The van der Waals surface area contributed by atoms with Crippen molar-refractivity contribution in [2.75, 3.05) is 23.3 Å². The number of hydrogen-bond acceptors (Lipinski definition) is 7. The van der Waals surface area contributed by atoms with Gasteiger partial charge in [-0.25, -0.2) is 28.9 Å². The van der Waals surface area contributed by atoms with Crippen LogP contribution in [0.4, 0.5) is 16.2 Å². The molecule has 3 aromatic heterocycles. The van der Waals surface area contributed by atoms with Gasteiger partial charge in [0.1, 0.15) is 23.0 Å². The lowest BCUT2D eigenvalue weighted by molar-refractivity contribution is 0.540. The summed E-state index contributed by atoms with van der Waals surface area (Å²) >= 11 is 0. The van der Waals surface area contributed by atoms with E-state index in [-0.39, 0.29) is 11.4 Å². The van der Waals surface area contributed by atoms with E-state index in [9.17, 15) is 9.18 Å². The van der Waals surface area contributed by atoms with Gasteiger partial charge in [-0.2, -0.15) is 0 Å². The second-order valence-electron chi connectivity index (χ2n) is 7.59. The summed E-state index contributed by atoms with van der Waals surface area (Å²) in [5.41, 5.74) is 1.88. The minimum atomic E-state index is -0.585. The lowest BCUT2D eigenvalue weighted by atomic mass is 10.1. The summed E-state index contributed by atoms with van der Waals surface area (Å²) in [5.74, 6) is 0.566. The molecule has 32 heavy (non-hydrogen) atoms. The van der Waals surface area contributed by atoms with Crippen LogP contribution in [0.2, 0.25) is 0 Å². The number of benzene rings is 2. The fourth-order valence-electron chi connectivity index (χ4n) is 4.02. The van der Waals surface area contributed by atoms with Crippen LogP contribution < -0.4 is 15.8 Å². The van der Waals surface area contributed by atoms with Crippen molar-refractivity contribution in [3.05, 3.63) is 77.4 Å². The van der Waals surface area contributed by atoms with Crippen molar-refractivity contribution < 1.29 is 4.39 Å². The van der Waals surface area contributed by atoms with Crippen LogP contribution in [0, 0.1) is 5.82 Å². The molecule has 5 aromatic rings. The lowest BCUT2D eigenvalue weighted by Gasteiger charge is -2.40. The van der Waals surface area contributed by atoms with Crippen LogP contribution in [0.1, 0.15) is 0 Å². The second-order valence-corrected chi connectivity index (χ2v) is 7.59. The predicted molar refractivity (Wildman–Crippen MR) is 119 cm³/mol. The van der Waals surface area contributed by atoms with E-state index in [0.29, 0.717) is 35.9 Å². The molecule has 9 nitrogen and oxygen atoms in total. The van der Waals surface area contributed by atoms with E-state index < -0.39 is 11.4 Å². The van der Waals surface area contributed by atoms with Gasteiger partial charge in [0.05, 0.1) is 23.6 Å². The largest absolute Gasteiger partial charge is 0.350 e. The molecule has 2 N–H and O–H groups in total. The number of aromatic amines is 1. The molecule has 4 heterocycles. The van der Waals surface area contributed by atoms with Crippen molar-refractivity contribution in [2.45, 2.75) is 6.04 Å². The minimum absolute atomic E-state index is 0.0239. The summed E-state index contributed by atoms with van der Waals surface area (Å²) in [4.78, 5) is 35.7. The summed E-state index contributed by atoms with van der Waals surface area (Å²) in [6.07, 6.45) is 3.08. The van der Waals surface area contributed by atoms with Crippen LogP contribution in [0.15, 0.2) is 66.0 Å². The lowest BCUT2D eigenvalue weighted by Crippen LogP contribution is -2.56. The average molecular weight is 428 g/mol. The standard InChI is InChI=1S/C22H17FN8O/c23-15-7-4-8-16-17(15)21(32)31(14-5-2-1-3-6-14)22(29-16)28-13-9-30(10-13)20-18-19(25-11-24-18)26-12-27-20/h1-8,11-13H,9-10H2,(H,28,29)(H,24,25,26,27). The monoisotopic (exact) mass is 428 g/mol. The Labute approximate surface area is 180 Å². The summed E-state index contributed by atoms with van der Waals surface area (Å²) in [6.45, 7) is 1.30. The van der Waals surface area contributed by atoms with Crippen LogP contribution in [0.25, 0.3) is 27.8 Å². The summed E-state index contributed by atoms with van der Waals surface area (Å²) < 4.78 is 15.9. The van der Waals surface area contributed by atoms with E-state index in [2.05, 4.69) is 35.1 Å². The van der Waals surface area contributed by atoms with Gasteiger partial charge in [0.25, 0.3) is 5.56 Å². The van der Waals surface area contributed by atoms with Crippen molar-refractivity contribution in [3.8, 4) is 5.69 Å². The topological polar surface area (TPSA) is 105 Å². The zero-order chi connectivity index (χ0) is 21.7. The van der Waals surface area contributed by atoms with Gasteiger partial charge in [0.2, 0.25) is 5.95 Å². The Morgan fingerprint density at radius 3 is 2.72 bits per heavy atom. The number of fused-ring (bicyclic) bond motifs is 2. The van der Waals surface area contributed by atoms with Crippen LogP contribution in [-0.2, 0) is 0 Å². The Balaban J connectivity index is 1.36. The smallest absolute Gasteiger partial charge is 0.270 e. The molecule has 1 fully saturated rings. The van der Waals surface area contributed by atoms with Crippen LogP contribution in [0.3, 0.4) is 0 Å². The quantitative estimate of drug-likeness (QED) is 0.453. The highest BCUT2D eigenvalue weighted by Gasteiger charge is 2.31. The number of imidazole rings is 1. The fraction of sp³-hybridized carbons (Fsp3) is 0.136. The van der Waals surface area contributed by atoms with Gasteiger partial charge in [0, 0.05) is 13.1 Å². The van der Waals surface area contributed by atoms with Gasteiger partial charge in [-0.15, -0.1) is 0 Å². The fourth-order valence-corrected chi connectivity index (χ4v) is 4.02. The first-order valence-corrected chi connectivity index (χ1v) is 10.1. The highest BCUT2D eigenvalue weighted by molar-refractivity contribution is 5.83. The Hall–Kier alpha value is -4.34. The van der Waals surface area contributed by atoms with Crippen LogP contribution in [-0.4, -0.2) is 48.6 Å². The molecule has 0 aliphatic carbocycles. The van der Waals surface area contributed by atoms with Gasteiger partial charge in [-0.05, 0) is 24.3 Å². The van der Waals surface area contributed by atoms with Crippen molar-refractivity contribution in [3.63, 3.8) is 0 Å². The normalized spacial score (nSPS) is 14.1. The third kappa shape index (κ3) is 2.88.